The molecule has 1 aromatic heterocycles. The molecule has 0 aliphatic heterocycles. The maximum atomic E-state index is 13.5. The van der Waals surface area contributed by atoms with Gasteiger partial charge in [0.1, 0.15) is 0 Å². The van der Waals surface area contributed by atoms with Gasteiger partial charge in [0.2, 0.25) is 0 Å². The molecule has 31 heavy (non-hydrogen) atoms. The van der Waals surface area contributed by atoms with Gasteiger partial charge in [-0.05, 0) is 53.9 Å². The smallest absolute Gasteiger partial charge is 0.262 e. The first kappa shape index (κ1) is 20.9. The fraction of sp³-hybridized carbons (Fsp3) is 0.154. The Kier molecular flexibility index (Phi) is 5.66. The lowest BCUT2D eigenvalue weighted by Gasteiger charge is -2.20. The third kappa shape index (κ3) is 3.99. The van der Waals surface area contributed by atoms with Gasteiger partial charge < -0.3 is 4.90 Å². The molecular formula is C26H23ClN2O2. The zero-order chi connectivity index (χ0) is 22.1. The van der Waals surface area contributed by atoms with Crippen LogP contribution in [0.1, 0.15) is 35.7 Å². The number of anilines is 1. The molecule has 0 aliphatic rings. The number of benzene rings is 3. The number of amides is 1. The number of pyridine rings is 1. The molecule has 0 radical (unpaired) electrons. The van der Waals surface area contributed by atoms with E-state index in [0.717, 1.165) is 5.69 Å². The van der Waals surface area contributed by atoms with Crippen molar-refractivity contribution in [1.29, 1.82) is 0 Å². The topological polar surface area (TPSA) is 42.3 Å². The van der Waals surface area contributed by atoms with Crippen LogP contribution in [0.25, 0.3) is 16.5 Å². The zero-order valence-electron chi connectivity index (χ0n) is 17.7. The number of nitrogens with zero attached hydrogens (tertiary/aromatic N) is 2. The van der Waals surface area contributed by atoms with E-state index in [2.05, 4.69) is 13.8 Å². The Bertz CT molecular complexity index is 1310. The van der Waals surface area contributed by atoms with Crippen molar-refractivity contribution in [2.45, 2.75) is 19.8 Å². The molecule has 3 aromatic carbocycles. The fourth-order valence-electron chi connectivity index (χ4n) is 3.64. The highest BCUT2D eigenvalue weighted by molar-refractivity contribution is 6.30. The minimum atomic E-state index is -0.184. The van der Waals surface area contributed by atoms with E-state index in [4.69, 9.17) is 11.6 Å². The molecule has 1 amide bonds. The summed E-state index contributed by atoms with van der Waals surface area (Å²) in [7, 11) is 1.75. The molecule has 0 bridgehead atoms. The first-order valence-corrected chi connectivity index (χ1v) is 10.5. The molecule has 0 saturated carbocycles. The van der Waals surface area contributed by atoms with Gasteiger partial charge in [0.05, 0.1) is 5.56 Å². The van der Waals surface area contributed by atoms with Crippen molar-refractivity contribution in [3.63, 3.8) is 0 Å². The largest absolute Gasteiger partial charge is 0.311 e. The number of hydrogen-bond donors (Lipinski definition) is 0. The zero-order valence-corrected chi connectivity index (χ0v) is 18.4. The highest BCUT2D eigenvalue weighted by Gasteiger charge is 2.20. The number of rotatable bonds is 4. The van der Waals surface area contributed by atoms with E-state index in [-0.39, 0.29) is 11.5 Å². The molecule has 5 heteroatoms. The van der Waals surface area contributed by atoms with Gasteiger partial charge in [-0.2, -0.15) is 0 Å². The second kappa shape index (κ2) is 8.40. The van der Waals surface area contributed by atoms with Crippen LogP contribution in [0.15, 0.2) is 83.8 Å². The van der Waals surface area contributed by atoms with Crippen LogP contribution in [-0.4, -0.2) is 17.5 Å². The highest BCUT2D eigenvalue weighted by atomic mass is 35.5. The molecule has 0 saturated heterocycles. The van der Waals surface area contributed by atoms with Crippen molar-refractivity contribution in [1.82, 2.24) is 4.57 Å². The van der Waals surface area contributed by atoms with E-state index in [1.165, 1.54) is 10.1 Å². The van der Waals surface area contributed by atoms with Gasteiger partial charge in [-0.15, -0.1) is 0 Å². The molecule has 1 heterocycles. The summed E-state index contributed by atoms with van der Waals surface area (Å²) in [5.74, 6) is 0.234. The Morgan fingerprint density at radius 1 is 0.903 bits per heavy atom. The normalized spacial score (nSPS) is 11.1. The Labute approximate surface area is 186 Å². The highest BCUT2D eigenvalue weighted by Crippen LogP contribution is 2.24. The number of hydrogen-bond acceptors (Lipinski definition) is 2. The summed E-state index contributed by atoms with van der Waals surface area (Å²) < 4.78 is 1.50. The van der Waals surface area contributed by atoms with Gasteiger partial charge in [0.15, 0.2) is 0 Å². The monoisotopic (exact) mass is 430 g/mol. The first-order chi connectivity index (χ1) is 14.9. The Hall–Kier alpha value is -3.37. The molecule has 0 aliphatic carbocycles. The van der Waals surface area contributed by atoms with E-state index in [0.29, 0.717) is 33.0 Å². The number of carbonyl (C=O) groups is 1. The average molecular weight is 431 g/mol. The Morgan fingerprint density at radius 2 is 1.52 bits per heavy atom. The standard InChI is InChI=1S/C26H23ClN2O2/c1-17(2)18-8-12-20(13-9-18)28(3)25(30)24-16-29(21-14-10-19(27)11-15-21)26(31)23-7-5-4-6-22(23)24/h4-17H,1-3H3. The molecule has 4 aromatic rings. The van der Waals surface area contributed by atoms with Crippen molar-refractivity contribution in [2.24, 2.45) is 0 Å². The lowest BCUT2D eigenvalue weighted by atomic mass is 10.0. The Morgan fingerprint density at radius 3 is 2.13 bits per heavy atom. The molecule has 0 N–H and O–H groups in total. The van der Waals surface area contributed by atoms with Crippen LogP contribution in [-0.2, 0) is 0 Å². The van der Waals surface area contributed by atoms with Crippen LogP contribution in [0.3, 0.4) is 0 Å². The quantitative estimate of drug-likeness (QED) is 0.396. The first-order valence-electron chi connectivity index (χ1n) is 10.1. The molecule has 0 fully saturated rings. The average Bonchev–Trinajstić information content (AvgIpc) is 2.79. The van der Waals surface area contributed by atoms with E-state index >= 15 is 0 Å². The molecule has 156 valence electrons. The summed E-state index contributed by atoms with van der Waals surface area (Å²) >= 11 is 6.01. The molecule has 4 rings (SSSR count). The maximum absolute atomic E-state index is 13.5. The lowest BCUT2D eigenvalue weighted by molar-refractivity contribution is 0.0994. The van der Waals surface area contributed by atoms with Crippen LogP contribution in [0.4, 0.5) is 5.69 Å². The second-order valence-corrected chi connectivity index (χ2v) is 8.29. The van der Waals surface area contributed by atoms with Crippen molar-refractivity contribution in [3.05, 3.63) is 105 Å². The summed E-state index contributed by atoms with van der Waals surface area (Å²) in [5, 5.41) is 1.71. The van der Waals surface area contributed by atoms with E-state index in [9.17, 15) is 9.59 Å². The third-order valence-corrected chi connectivity index (χ3v) is 5.76. The minimum absolute atomic E-state index is 0.182. The summed E-state index contributed by atoms with van der Waals surface area (Å²) in [5.41, 5.74) is 2.94. The van der Waals surface area contributed by atoms with Crippen LogP contribution in [0.2, 0.25) is 5.02 Å². The van der Waals surface area contributed by atoms with Crippen molar-refractivity contribution in [3.8, 4) is 5.69 Å². The third-order valence-electron chi connectivity index (χ3n) is 5.51. The maximum Gasteiger partial charge on any atom is 0.262 e. The number of halogens is 1. The van der Waals surface area contributed by atoms with Crippen LogP contribution < -0.4 is 10.5 Å². The fourth-order valence-corrected chi connectivity index (χ4v) is 3.76. The van der Waals surface area contributed by atoms with Gasteiger partial charge >= 0.3 is 0 Å². The van der Waals surface area contributed by atoms with Gasteiger partial charge in [-0.25, -0.2) is 0 Å². The summed E-state index contributed by atoms with van der Waals surface area (Å²) in [4.78, 5) is 28.3. The second-order valence-electron chi connectivity index (χ2n) is 7.85. The Balaban J connectivity index is 1.84. The van der Waals surface area contributed by atoms with Crippen LogP contribution in [0, 0.1) is 0 Å². The predicted octanol–water partition coefficient (Wildman–Crippen LogP) is 6.04. The van der Waals surface area contributed by atoms with Crippen LogP contribution in [0.5, 0.6) is 0 Å². The molecule has 4 nitrogen and oxygen atoms in total. The minimum Gasteiger partial charge on any atom is -0.311 e. The summed E-state index contributed by atoms with van der Waals surface area (Å²) in [6.07, 6.45) is 1.62. The molecular weight excluding hydrogens is 408 g/mol. The van der Waals surface area contributed by atoms with Gasteiger partial charge in [-0.1, -0.05) is 55.8 Å². The SMILES string of the molecule is CC(C)c1ccc(N(C)C(=O)c2cn(-c3ccc(Cl)cc3)c(=O)c3ccccc23)cc1. The van der Waals surface area contributed by atoms with Gasteiger partial charge in [-0.3, -0.25) is 14.2 Å². The van der Waals surface area contributed by atoms with Crippen LogP contribution >= 0.6 is 11.6 Å². The number of carbonyl (C=O) groups excluding carboxylic acids is 1. The van der Waals surface area contributed by atoms with E-state index in [1.807, 2.05) is 36.4 Å². The number of fused-ring (bicyclic) bond motifs is 1. The van der Waals surface area contributed by atoms with E-state index in [1.54, 1.807) is 54.5 Å². The number of aromatic nitrogens is 1. The predicted molar refractivity (Wildman–Crippen MR) is 128 cm³/mol. The van der Waals surface area contributed by atoms with Crippen molar-refractivity contribution >= 4 is 34.0 Å². The van der Waals surface area contributed by atoms with Crippen molar-refractivity contribution < 1.29 is 4.79 Å². The van der Waals surface area contributed by atoms with Gasteiger partial charge in [0, 0.05) is 40.4 Å². The molecule has 0 atom stereocenters. The molecule has 0 spiro atoms. The van der Waals surface area contributed by atoms with Gasteiger partial charge in [0.25, 0.3) is 11.5 Å². The lowest BCUT2D eigenvalue weighted by Crippen LogP contribution is -2.29. The van der Waals surface area contributed by atoms with Crippen molar-refractivity contribution in [2.75, 3.05) is 11.9 Å². The van der Waals surface area contributed by atoms with E-state index < -0.39 is 0 Å². The molecule has 0 unspecified atom stereocenters. The summed E-state index contributed by atoms with van der Waals surface area (Å²) in [6, 6.07) is 22.2. The summed E-state index contributed by atoms with van der Waals surface area (Å²) in [6.45, 7) is 4.27.